The average molecular weight is 800 g/mol. The van der Waals surface area contributed by atoms with Gasteiger partial charge in [-0.2, -0.15) is 0 Å². The summed E-state index contributed by atoms with van der Waals surface area (Å²) in [5.41, 5.74) is 7.35. The number of amides is 5. The molecule has 57 heavy (non-hydrogen) atoms. The maximum atomic E-state index is 14.3. The molecule has 14 heteroatoms. The number of carbonyl (C=O) groups is 5. The van der Waals surface area contributed by atoms with E-state index in [1.54, 1.807) is 50.1 Å². The van der Waals surface area contributed by atoms with E-state index in [-0.39, 0.29) is 65.7 Å². The van der Waals surface area contributed by atoms with Gasteiger partial charge < -0.3 is 41.0 Å². The van der Waals surface area contributed by atoms with Crippen LogP contribution >= 0.6 is 0 Å². The van der Waals surface area contributed by atoms with Crippen LogP contribution < -0.4 is 21.7 Å². The lowest BCUT2D eigenvalue weighted by Gasteiger charge is -2.41. The van der Waals surface area contributed by atoms with E-state index >= 15 is 0 Å². The molecule has 1 heterocycles. The lowest BCUT2D eigenvalue weighted by molar-refractivity contribution is -0.148. The van der Waals surface area contributed by atoms with Gasteiger partial charge in [0, 0.05) is 40.0 Å². The first-order chi connectivity index (χ1) is 26.9. The van der Waals surface area contributed by atoms with E-state index in [1.165, 1.54) is 0 Å². The lowest BCUT2D eigenvalue weighted by atomic mass is 9.89. The highest BCUT2D eigenvalue weighted by atomic mass is 16.5. The SMILES string of the molecule is CC[C@H](C)[C@@H]([C@@H](CC(=O)N1CCC[C@H]1[C@H](OC)[C@@H](C)C(=O)N[C@H](C(=O)NCc1ccc(N)cc1)C1CC1)OC)N(C)C(=O)[C@@H](NC(=O)[C@H](C(C)C)N(C)C)C(C)C. The highest BCUT2D eigenvalue weighted by Crippen LogP contribution is 2.34. The number of methoxy groups -OCH3 is 2. The van der Waals surface area contributed by atoms with Gasteiger partial charge in [-0.05, 0) is 81.1 Å². The predicted molar refractivity (Wildman–Crippen MR) is 223 cm³/mol. The van der Waals surface area contributed by atoms with Gasteiger partial charge in [-0.15, -0.1) is 0 Å². The van der Waals surface area contributed by atoms with Crippen molar-refractivity contribution in [3.63, 3.8) is 0 Å². The van der Waals surface area contributed by atoms with Gasteiger partial charge >= 0.3 is 0 Å². The first-order valence-corrected chi connectivity index (χ1v) is 20.9. The van der Waals surface area contributed by atoms with Crippen molar-refractivity contribution in [1.82, 2.24) is 30.7 Å². The zero-order chi connectivity index (χ0) is 42.7. The molecule has 1 aliphatic heterocycles. The first-order valence-electron chi connectivity index (χ1n) is 20.9. The summed E-state index contributed by atoms with van der Waals surface area (Å²) in [7, 11) is 8.56. The predicted octanol–water partition coefficient (Wildman–Crippen LogP) is 3.43. The molecule has 0 radical (unpaired) electrons. The van der Waals surface area contributed by atoms with Crippen LogP contribution in [0.5, 0.6) is 0 Å². The Morgan fingerprint density at radius 1 is 0.860 bits per heavy atom. The van der Waals surface area contributed by atoms with Gasteiger partial charge in [0.15, 0.2) is 0 Å². The van der Waals surface area contributed by atoms with Gasteiger partial charge in [0.05, 0.1) is 42.7 Å². The zero-order valence-corrected chi connectivity index (χ0v) is 36.7. The number of benzene rings is 1. The maximum Gasteiger partial charge on any atom is 0.245 e. The number of hydrogen-bond donors (Lipinski definition) is 4. The smallest absolute Gasteiger partial charge is 0.245 e. The number of nitrogens with two attached hydrogens (primary N) is 1. The van der Waals surface area contributed by atoms with E-state index in [4.69, 9.17) is 15.2 Å². The molecule has 9 atom stereocenters. The van der Waals surface area contributed by atoms with Crippen LogP contribution in [0, 0.1) is 29.6 Å². The molecule has 1 aliphatic carbocycles. The molecule has 0 bridgehead atoms. The van der Waals surface area contributed by atoms with Crippen LogP contribution in [0.15, 0.2) is 24.3 Å². The van der Waals surface area contributed by atoms with Crippen LogP contribution in [0.3, 0.4) is 0 Å². The topological polar surface area (TPSA) is 176 Å². The minimum absolute atomic E-state index is 0.0172. The van der Waals surface area contributed by atoms with E-state index in [1.807, 2.05) is 72.7 Å². The van der Waals surface area contributed by atoms with E-state index in [0.29, 0.717) is 25.2 Å². The Morgan fingerprint density at radius 3 is 2.00 bits per heavy atom. The molecule has 5 N–H and O–H groups in total. The van der Waals surface area contributed by atoms with Gasteiger partial charge in [-0.3, -0.25) is 28.9 Å². The Hall–Kier alpha value is -3.75. The van der Waals surface area contributed by atoms with Gasteiger partial charge in [0.1, 0.15) is 12.1 Å². The first kappa shape index (κ1) is 47.6. The highest BCUT2D eigenvalue weighted by Gasteiger charge is 2.44. The van der Waals surface area contributed by atoms with Crippen molar-refractivity contribution in [2.24, 2.45) is 29.6 Å². The number of anilines is 1. The van der Waals surface area contributed by atoms with Crippen molar-refractivity contribution in [3.05, 3.63) is 29.8 Å². The molecule has 1 saturated carbocycles. The Bertz CT molecular complexity index is 1480. The maximum absolute atomic E-state index is 14.3. The van der Waals surface area contributed by atoms with Crippen molar-refractivity contribution in [2.45, 2.75) is 136 Å². The van der Waals surface area contributed by atoms with Crippen LogP contribution in [0.2, 0.25) is 0 Å². The number of likely N-dealkylation sites (tertiary alicyclic amines) is 1. The number of carbonyl (C=O) groups excluding carboxylic acids is 5. The molecular formula is C43H73N7O7. The summed E-state index contributed by atoms with van der Waals surface area (Å²) in [4.78, 5) is 74.4. The third-order valence-electron chi connectivity index (χ3n) is 12.1. The third-order valence-corrected chi connectivity index (χ3v) is 12.1. The summed E-state index contributed by atoms with van der Waals surface area (Å²) in [5.74, 6) is -1.88. The average Bonchev–Trinajstić information content (AvgIpc) is 3.89. The van der Waals surface area contributed by atoms with Crippen LogP contribution in [-0.2, 0) is 40.0 Å². The number of nitrogens with one attached hydrogen (secondary N) is 3. The molecule has 5 amide bonds. The number of hydrogen-bond acceptors (Lipinski definition) is 9. The Balaban J connectivity index is 1.74. The summed E-state index contributed by atoms with van der Waals surface area (Å²) in [6.45, 7) is 14.5. The van der Waals surface area contributed by atoms with Crippen molar-refractivity contribution in [2.75, 3.05) is 47.6 Å². The standard InChI is InChI=1S/C43H73N7O7/c1-13-27(6)38(49(10)43(55)35(25(2)3)46-42(54)37(26(4)5)48(8)9)33(56-11)23-34(51)50-22-14-15-32(50)39(57-12)28(7)40(52)47-36(30-18-19-30)41(53)45-24-29-16-20-31(44)21-17-29/h16-17,20-21,25-28,30,32-33,35-39H,13-15,18-19,22-24,44H2,1-12H3,(H,45,53)(H,46,54)(H,47,52)/t27-,28+,32-,33+,35-,36-,37-,38-,39+/m0/s1. The fourth-order valence-corrected chi connectivity index (χ4v) is 8.46. The van der Waals surface area contributed by atoms with Crippen molar-refractivity contribution < 1.29 is 33.4 Å². The Labute approximate surface area is 341 Å². The molecule has 14 nitrogen and oxygen atoms in total. The fraction of sp³-hybridized carbons (Fsp3) is 0.744. The van der Waals surface area contributed by atoms with Gasteiger partial charge in [-0.25, -0.2) is 0 Å². The zero-order valence-electron chi connectivity index (χ0n) is 36.7. The summed E-state index contributed by atoms with van der Waals surface area (Å²) in [6.07, 6.45) is 2.61. The quantitative estimate of drug-likeness (QED) is 0.128. The molecule has 0 spiro atoms. The number of nitrogen functional groups attached to an aromatic ring is 1. The van der Waals surface area contributed by atoms with E-state index in [2.05, 4.69) is 16.0 Å². The third kappa shape index (κ3) is 12.6. The van der Waals surface area contributed by atoms with Crippen LogP contribution in [0.25, 0.3) is 0 Å². The van der Waals surface area contributed by atoms with E-state index < -0.39 is 42.3 Å². The summed E-state index contributed by atoms with van der Waals surface area (Å²) in [5, 5.41) is 9.01. The molecule has 2 fully saturated rings. The minimum Gasteiger partial charge on any atom is -0.399 e. The van der Waals surface area contributed by atoms with E-state index in [0.717, 1.165) is 31.2 Å². The van der Waals surface area contributed by atoms with Crippen molar-refractivity contribution >= 4 is 35.2 Å². The molecule has 3 rings (SSSR count). The molecule has 2 aliphatic rings. The number of likely N-dealkylation sites (N-methyl/N-ethyl adjacent to an activating group) is 2. The van der Waals surface area contributed by atoms with Gasteiger partial charge in [-0.1, -0.05) is 67.0 Å². The Kier molecular flexibility index (Phi) is 18.3. The van der Waals surface area contributed by atoms with Crippen LogP contribution in [0.1, 0.15) is 92.6 Å². The lowest BCUT2D eigenvalue weighted by Crippen LogP contribution is -2.59. The van der Waals surface area contributed by atoms with Crippen LogP contribution in [-0.4, -0.2) is 129 Å². The summed E-state index contributed by atoms with van der Waals surface area (Å²) < 4.78 is 12.0. The monoisotopic (exact) mass is 800 g/mol. The molecule has 0 aromatic heterocycles. The summed E-state index contributed by atoms with van der Waals surface area (Å²) in [6, 6.07) is 4.62. The second-order valence-electron chi connectivity index (χ2n) is 17.3. The number of rotatable bonds is 22. The number of nitrogens with zero attached hydrogens (tertiary/aromatic N) is 3. The molecule has 1 aromatic carbocycles. The largest absolute Gasteiger partial charge is 0.399 e. The van der Waals surface area contributed by atoms with Crippen LogP contribution in [0.4, 0.5) is 5.69 Å². The van der Waals surface area contributed by atoms with Gasteiger partial charge in [0.25, 0.3) is 0 Å². The molecule has 1 saturated heterocycles. The number of ether oxygens (including phenoxy) is 2. The highest BCUT2D eigenvalue weighted by molar-refractivity contribution is 5.91. The van der Waals surface area contributed by atoms with E-state index in [9.17, 15) is 24.0 Å². The van der Waals surface area contributed by atoms with Gasteiger partial charge in [0.2, 0.25) is 29.5 Å². The Morgan fingerprint density at radius 2 is 1.49 bits per heavy atom. The van der Waals surface area contributed by atoms with Crippen molar-refractivity contribution in [3.8, 4) is 0 Å². The molecule has 1 aromatic rings. The van der Waals surface area contributed by atoms with Crippen molar-refractivity contribution in [1.29, 1.82) is 0 Å². The molecule has 322 valence electrons. The molecular weight excluding hydrogens is 727 g/mol. The second-order valence-corrected chi connectivity index (χ2v) is 17.3. The second kappa shape index (κ2) is 21.9. The fourth-order valence-electron chi connectivity index (χ4n) is 8.46. The molecule has 0 unspecified atom stereocenters. The minimum atomic E-state index is -0.768. The normalized spacial score (nSPS) is 20.0. The summed E-state index contributed by atoms with van der Waals surface area (Å²) >= 11 is 0.